The molecule has 0 amide bonds. The first-order chi connectivity index (χ1) is 8.73. The van der Waals surface area contributed by atoms with E-state index < -0.39 is 5.54 Å². The number of rotatable bonds is 4. The molecule has 0 radical (unpaired) electrons. The van der Waals surface area contributed by atoms with Crippen molar-refractivity contribution in [1.82, 2.24) is 5.32 Å². The fraction of sp³-hybridized carbons (Fsp3) is 0.562. The van der Waals surface area contributed by atoms with Crippen LogP contribution in [0.3, 0.4) is 0 Å². The third kappa shape index (κ3) is 2.35. The van der Waals surface area contributed by atoms with E-state index in [-0.39, 0.29) is 0 Å². The maximum atomic E-state index is 12.4. The zero-order valence-electron chi connectivity index (χ0n) is 11.5. The topological polar surface area (TPSA) is 29.1 Å². The van der Waals surface area contributed by atoms with Gasteiger partial charge in [0.05, 0.1) is 0 Å². The SMILES string of the molecule is CCN[C@@]1(c2cccc(CC)c2)CCCCC1=O. The molecule has 18 heavy (non-hydrogen) atoms. The molecule has 2 nitrogen and oxygen atoms in total. The number of ketones is 1. The molecule has 2 rings (SSSR count). The number of carbonyl (C=O) groups excluding carboxylic acids is 1. The lowest BCUT2D eigenvalue weighted by molar-refractivity contribution is -0.128. The van der Waals surface area contributed by atoms with Crippen molar-refractivity contribution in [3.8, 4) is 0 Å². The van der Waals surface area contributed by atoms with Crippen LogP contribution in [0, 0.1) is 0 Å². The molecule has 98 valence electrons. The molecule has 0 aliphatic heterocycles. The van der Waals surface area contributed by atoms with Crippen LogP contribution in [-0.2, 0) is 16.8 Å². The van der Waals surface area contributed by atoms with Crippen molar-refractivity contribution in [3.63, 3.8) is 0 Å². The molecule has 0 heterocycles. The summed E-state index contributed by atoms with van der Waals surface area (Å²) < 4.78 is 0. The van der Waals surface area contributed by atoms with Crippen molar-refractivity contribution < 1.29 is 4.79 Å². The van der Waals surface area contributed by atoms with Crippen molar-refractivity contribution in [2.24, 2.45) is 0 Å². The van der Waals surface area contributed by atoms with E-state index in [1.807, 2.05) is 0 Å². The predicted molar refractivity (Wildman–Crippen MR) is 74.6 cm³/mol. The van der Waals surface area contributed by atoms with Crippen molar-refractivity contribution in [2.75, 3.05) is 6.54 Å². The normalized spacial score (nSPS) is 24.2. The second kappa shape index (κ2) is 5.66. The molecule has 1 aromatic rings. The fourth-order valence-electron chi connectivity index (χ4n) is 2.98. The van der Waals surface area contributed by atoms with Gasteiger partial charge in [-0.15, -0.1) is 0 Å². The summed E-state index contributed by atoms with van der Waals surface area (Å²) in [7, 11) is 0. The van der Waals surface area contributed by atoms with Crippen LogP contribution < -0.4 is 5.32 Å². The second-order valence-corrected chi connectivity index (χ2v) is 5.12. The van der Waals surface area contributed by atoms with Crippen LogP contribution in [0.15, 0.2) is 24.3 Å². The van der Waals surface area contributed by atoms with Gasteiger partial charge >= 0.3 is 0 Å². The van der Waals surface area contributed by atoms with Crippen molar-refractivity contribution in [2.45, 2.75) is 51.5 Å². The van der Waals surface area contributed by atoms with Gasteiger partial charge in [0.2, 0.25) is 0 Å². The summed E-state index contributed by atoms with van der Waals surface area (Å²) >= 11 is 0. The fourth-order valence-corrected chi connectivity index (χ4v) is 2.98. The maximum absolute atomic E-state index is 12.4. The van der Waals surface area contributed by atoms with E-state index in [0.29, 0.717) is 12.2 Å². The first kappa shape index (κ1) is 13.3. The molecule has 1 atom stereocenters. The Morgan fingerprint density at radius 2 is 2.11 bits per heavy atom. The average molecular weight is 245 g/mol. The zero-order chi connectivity index (χ0) is 13.0. The van der Waals surface area contributed by atoms with Crippen LogP contribution >= 0.6 is 0 Å². The van der Waals surface area contributed by atoms with Crippen LogP contribution in [0.25, 0.3) is 0 Å². The Kier molecular flexibility index (Phi) is 4.18. The van der Waals surface area contributed by atoms with Crippen LogP contribution in [0.5, 0.6) is 0 Å². The van der Waals surface area contributed by atoms with E-state index in [1.54, 1.807) is 0 Å². The molecule has 0 unspecified atom stereocenters. The van der Waals surface area contributed by atoms with Crippen molar-refractivity contribution in [3.05, 3.63) is 35.4 Å². The molecule has 1 saturated carbocycles. The van der Waals surface area contributed by atoms with Crippen molar-refractivity contribution in [1.29, 1.82) is 0 Å². The third-order valence-electron chi connectivity index (χ3n) is 3.99. The number of hydrogen-bond acceptors (Lipinski definition) is 2. The monoisotopic (exact) mass is 245 g/mol. The second-order valence-electron chi connectivity index (χ2n) is 5.12. The molecule has 1 aliphatic rings. The Bertz CT molecular complexity index is 423. The van der Waals surface area contributed by atoms with E-state index in [9.17, 15) is 4.79 Å². The van der Waals surface area contributed by atoms with Gasteiger partial charge < -0.3 is 5.32 Å². The van der Waals surface area contributed by atoms with Crippen LogP contribution in [0.4, 0.5) is 0 Å². The van der Waals surface area contributed by atoms with E-state index in [0.717, 1.165) is 37.8 Å². The highest BCUT2D eigenvalue weighted by Crippen LogP contribution is 2.34. The van der Waals surface area contributed by atoms with Gasteiger partial charge in [-0.05, 0) is 36.9 Å². The van der Waals surface area contributed by atoms with E-state index in [1.165, 1.54) is 5.56 Å². The first-order valence-corrected chi connectivity index (χ1v) is 7.10. The number of Topliss-reactive ketones (excluding diaryl/α,β-unsaturated/α-hetero) is 1. The summed E-state index contributed by atoms with van der Waals surface area (Å²) in [5, 5.41) is 3.47. The van der Waals surface area contributed by atoms with E-state index in [2.05, 4.69) is 43.4 Å². The number of benzene rings is 1. The molecule has 1 fully saturated rings. The minimum atomic E-state index is -0.418. The van der Waals surface area contributed by atoms with Gasteiger partial charge in [0, 0.05) is 6.42 Å². The standard InChI is InChI=1S/C16H23NO/c1-3-13-8-7-9-14(12-13)16(17-4-2)11-6-5-10-15(16)18/h7-9,12,17H,3-6,10-11H2,1-2H3/t16-/m1/s1. The molecule has 0 aromatic heterocycles. The Morgan fingerprint density at radius 1 is 1.28 bits per heavy atom. The molecule has 1 N–H and O–H groups in total. The number of carbonyl (C=O) groups is 1. The molecule has 1 aromatic carbocycles. The van der Waals surface area contributed by atoms with Crippen LogP contribution in [0.2, 0.25) is 0 Å². The minimum Gasteiger partial charge on any atom is -0.302 e. The number of hydrogen-bond donors (Lipinski definition) is 1. The number of nitrogens with one attached hydrogen (secondary N) is 1. The van der Waals surface area contributed by atoms with Gasteiger partial charge in [0.25, 0.3) is 0 Å². The maximum Gasteiger partial charge on any atom is 0.157 e. The summed E-state index contributed by atoms with van der Waals surface area (Å²) in [5.41, 5.74) is 2.05. The Balaban J connectivity index is 2.41. The lowest BCUT2D eigenvalue weighted by Crippen LogP contribution is -2.50. The summed E-state index contributed by atoms with van der Waals surface area (Å²) in [5.74, 6) is 0.365. The third-order valence-corrected chi connectivity index (χ3v) is 3.99. The molecule has 0 spiro atoms. The molecule has 1 aliphatic carbocycles. The highest BCUT2D eigenvalue weighted by Gasteiger charge is 2.40. The van der Waals surface area contributed by atoms with Crippen LogP contribution in [0.1, 0.15) is 50.7 Å². The molecule has 0 saturated heterocycles. The van der Waals surface area contributed by atoms with Gasteiger partial charge in [0.15, 0.2) is 5.78 Å². The van der Waals surface area contributed by atoms with Gasteiger partial charge in [-0.1, -0.05) is 44.5 Å². The van der Waals surface area contributed by atoms with E-state index >= 15 is 0 Å². The van der Waals surface area contributed by atoms with Crippen molar-refractivity contribution >= 4 is 5.78 Å². The smallest absolute Gasteiger partial charge is 0.157 e. The van der Waals surface area contributed by atoms with Crippen LogP contribution in [-0.4, -0.2) is 12.3 Å². The highest BCUT2D eigenvalue weighted by molar-refractivity contribution is 5.90. The molecule has 0 bridgehead atoms. The number of aryl methyl sites for hydroxylation is 1. The Labute approximate surface area is 110 Å². The average Bonchev–Trinajstić information content (AvgIpc) is 2.42. The lowest BCUT2D eigenvalue weighted by Gasteiger charge is -2.37. The minimum absolute atomic E-state index is 0.365. The largest absolute Gasteiger partial charge is 0.302 e. The first-order valence-electron chi connectivity index (χ1n) is 7.10. The number of likely N-dealkylation sites (N-methyl/N-ethyl adjacent to an activating group) is 1. The Hall–Kier alpha value is -1.15. The summed E-state index contributed by atoms with van der Waals surface area (Å²) in [6, 6.07) is 8.52. The molecular weight excluding hydrogens is 222 g/mol. The Morgan fingerprint density at radius 3 is 2.78 bits per heavy atom. The van der Waals surface area contributed by atoms with Gasteiger partial charge in [-0.3, -0.25) is 4.79 Å². The lowest BCUT2D eigenvalue weighted by atomic mass is 9.75. The summed E-state index contributed by atoms with van der Waals surface area (Å²) in [6.45, 7) is 5.07. The summed E-state index contributed by atoms with van der Waals surface area (Å²) in [4.78, 5) is 12.4. The van der Waals surface area contributed by atoms with Gasteiger partial charge in [-0.25, -0.2) is 0 Å². The van der Waals surface area contributed by atoms with E-state index in [4.69, 9.17) is 0 Å². The summed E-state index contributed by atoms with van der Waals surface area (Å²) in [6.07, 6.45) is 4.84. The predicted octanol–water partition coefficient (Wildman–Crippen LogP) is 3.20. The van der Waals surface area contributed by atoms with Gasteiger partial charge in [0.1, 0.15) is 5.54 Å². The zero-order valence-corrected chi connectivity index (χ0v) is 11.5. The quantitative estimate of drug-likeness (QED) is 0.882. The molecular formula is C16H23NO. The highest BCUT2D eigenvalue weighted by atomic mass is 16.1. The molecule has 2 heteroatoms. The van der Waals surface area contributed by atoms with Gasteiger partial charge in [-0.2, -0.15) is 0 Å².